The van der Waals surface area contributed by atoms with E-state index < -0.39 is 17.2 Å². The van der Waals surface area contributed by atoms with Crippen LogP contribution in [-0.2, 0) is 10.2 Å². The van der Waals surface area contributed by atoms with E-state index in [2.05, 4.69) is 0 Å². The Kier molecular flexibility index (Phi) is 3.15. The van der Waals surface area contributed by atoms with Crippen molar-refractivity contribution < 1.29 is 23.8 Å². The highest BCUT2D eigenvalue weighted by molar-refractivity contribution is 5.70. The zero-order chi connectivity index (χ0) is 13.3. The smallest absolute Gasteiger partial charge is 0.304 e. The molecule has 0 unspecified atom stereocenters. The second-order valence-corrected chi connectivity index (χ2v) is 4.54. The van der Waals surface area contributed by atoms with Crippen molar-refractivity contribution in [2.24, 2.45) is 0 Å². The molecule has 4 nitrogen and oxygen atoms in total. The lowest BCUT2D eigenvalue weighted by atomic mass is 9.91. The van der Waals surface area contributed by atoms with Gasteiger partial charge in [-0.25, -0.2) is 4.39 Å². The minimum atomic E-state index is -0.863. The first-order chi connectivity index (χ1) is 8.52. The van der Waals surface area contributed by atoms with Gasteiger partial charge in [0.05, 0.1) is 20.6 Å². The Morgan fingerprint density at radius 3 is 2.39 bits per heavy atom. The van der Waals surface area contributed by atoms with Crippen molar-refractivity contribution in [2.45, 2.75) is 24.7 Å². The largest absolute Gasteiger partial charge is 0.496 e. The van der Waals surface area contributed by atoms with Crippen molar-refractivity contribution in [3.05, 3.63) is 23.5 Å². The van der Waals surface area contributed by atoms with E-state index in [-0.39, 0.29) is 12.2 Å². The van der Waals surface area contributed by atoms with Gasteiger partial charge in [-0.2, -0.15) is 0 Å². The molecule has 1 aromatic rings. The van der Waals surface area contributed by atoms with Crippen LogP contribution in [0.4, 0.5) is 4.39 Å². The van der Waals surface area contributed by atoms with Gasteiger partial charge < -0.3 is 14.6 Å². The van der Waals surface area contributed by atoms with Crippen LogP contribution in [-0.4, -0.2) is 25.3 Å². The van der Waals surface area contributed by atoms with Crippen LogP contribution in [0.1, 0.15) is 24.8 Å². The molecule has 0 amide bonds. The van der Waals surface area contributed by atoms with Crippen LogP contribution in [0.3, 0.4) is 0 Å². The number of halogens is 1. The number of ether oxygens (including phenoxy) is 2. The fraction of sp³-hybridized carbons (Fsp3) is 0.462. The summed E-state index contributed by atoms with van der Waals surface area (Å²) in [5.41, 5.74) is 0.281. The van der Waals surface area contributed by atoms with E-state index in [4.69, 9.17) is 14.6 Å². The van der Waals surface area contributed by atoms with Crippen LogP contribution in [0.15, 0.2) is 12.1 Å². The highest BCUT2D eigenvalue weighted by atomic mass is 19.1. The molecule has 1 saturated carbocycles. The van der Waals surface area contributed by atoms with E-state index in [0.29, 0.717) is 11.3 Å². The van der Waals surface area contributed by atoms with Crippen LogP contribution in [0, 0.1) is 5.82 Å². The number of carboxylic acids is 1. The summed E-state index contributed by atoms with van der Waals surface area (Å²) < 4.78 is 23.6. The maximum Gasteiger partial charge on any atom is 0.304 e. The van der Waals surface area contributed by atoms with Crippen molar-refractivity contribution in [3.8, 4) is 11.5 Å². The highest BCUT2D eigenvalue weighted by Crippen LogP contribution is 2.54. The van der Waals surface area contributed by atoms with Gasteiger partial charge in [0.15, 0.2) is 11.6 Å². The summed E-state index contributed by atoms with van der Waals surface area (Å²) in [6, 6.07) is 2.79. The third-order valence-electron chi connectivity index (χ3n) is 3.39. The van der Waals surface area contributed by atoms with Crippen molar-refractivity contribution in [2.75, 3.05) is 14.2 Å². The quantitative estimate of drug-likeness (QED) is 0.876. The minimum Gasteiger partial charge on any atom is -0.496 e. The predicted molar refractivity (Wildman–Crippen MR) is 62.7 cm³/mol. The van der Waals surface area contributed by atoms with Gasteiger partial charge in [-0.3, -0.25) is 4.79 Å². The molecule has 98 valence electrons. The van der Waals surface area contributed by atoms with Gasteiger partial charge >= 0.3 is 5.97 Å². The molecule has 5 heteroatoms. The SMILES string of the molecule is COc1cc(C2(CC(=O)O)CC2)c(OC)cc1F. The van der Waals surface area contributed by atoms with E-state index in [1.54, 1.807) is 6.07 Å². The number of carboxylic acid groups (broad SMARTS) is 1. The van der Waals surface area contributed by atoms with E-state index in [9.17, 15) is 9.18 Å². The molecule has 1 aliphatic carbocycles. The molecule has 0 bridgehead atoms. The van der Waals surface area contributed by atoms with Crippen molar-refractivity contribution in [1.29, 1.82) is 0 Å². The van der Waals surface area contributed by atoms with E-state index in [1.807, 2.05) is 0 Å². The maximum atomic E-state index is 13.6. The summed E-state index contributed by atoms with van der Waals surface area (Å²) in [5, 5.41) is 8.95. The zero-order valence-corrected chi connectivity index (χ0v) is 10.3. The third-order valence-corrected chi connectivity index (χ3v) is 3.39. The summed E-state index contributed by atoms with van der Waals surface area (Å²) in [7, 11) is 2.83. The molecular formula is C13H15FO4. The Hall–Kier alpha value is -1.78. The summed E-state index contributed by atoms with van der Waals surface area (Å²) in [5.74, 6) is -0.878. The van der Waals surface area contributed by atoms with Gasteiger partial charge in [0, 0.05) is 17.0 Å². The Bertz CT molecular complexity index is 480. The Morgan fingerprint density at radius 2 is 1.94 bits per heavy atom. The summed E-state index contributed by atoms with van der Waals surface area (Å²) in [6.45, 7) is 0. The van der Waals surface area contributed by atoms with E-state index >= 15 is 0 Å². The normalized spacial score (nSPS) is 16.2. The summed E-state index contributed by atoms with van der Waals surface area (Å²) in [6.07, 6.45) is 1.56. The van der Waals surface area contributed by atoms with E-state index in [1.165, 1.54) is 20.3 Å². The molecule has 2 rings (SSSR count). The average molecular weight is 254 g/mol. The third kappa shape index (κ3) is 2.12. The fourth-order valence-corrected chi connectivity index (χ4v) is 2.26. The number of carbonyl (C=O) groups is 1. The summed E-state index contributed by atoms with van der Waals surface area (Å²) >= 11 is 0. The molecule has 0 aliphatic heterocycles. The molecule has 1 N–H and O–H groups in total. The van der Waals surface area contributed by atoms with Gasteiger partial charge in [-0.05, 0) is 18.9 Å². The molecule has 1 aromatic carbocycles. The van der Waals surface area contributed by atoms with Crippen molar-refractivity contribution in [1.82, 2.24) is 0 Å². The molecule has 0 aromatic heterocycles. The monoisotopic (exact) mass is 254 g/mol. The first-order valence-corrected chi connectivity index (χ1v) is 5.66. The maximum absolute atomic E-state index is 13.6. The second-order valence-electron chi connectivity index (χ2n) is 4.54. The number of hydrogen-bond acceptors (Lipinski definition) is 3. The Labute approximate surface area is 104 Å². The number of rotatable bonds is 5. The molecular weight excluding hydrogens is 239 g/mol. The predicted octanol–water partition coefficient (Wildman–Crippen LogP) is 2.35. The molecule has 1 fully saturated rings. The van der Waals surface area contributed by atoms with Crippen LogP contribution < -0.4 is 9.47 Å². The van der Waals surface area contributed by atoms with Gasteiger partial charge in [-0.1, -0.05) is 0 Å². The number of hydrogen-bond donors (Lipinski definition) is 1. The van der Waals surface area contributed by atoms with Crippen molar-refractivity contribution >= 4 is 5.97 Å². The molecule has 0 atom stereocenters. The Morgan fingerprint density at radius 1 is 1.33 bits per heavy atom. The fourth-order valence-electron chi connectivity index (χ4n) is 2.26. The molecule has 0 radical (unpaired) electrons. The summed E-state index contributed by atoms with van der Waals surface area (Å²) in [4.78, 5) is 10.9. The topological polar surface area (TPSA) is 55.8 Å². The molecule has 0 saturated heterocycles. The molecule has 18 heavy (non-hydrogen) atoms. The highest BCUT2D eigenvalue weighted by Gasteiger charge is 2.48. The van der Waals surface area contributed by atoms with Gasteiger partial charge in [-0.15, -0.1) is 0 Å². The average Bonchev–Trinajstić information content (AvgIpc) is 3.08. The standard InChI is InChI=1S/C13H15FO4/c1-17-10-6-9(14)11(18-2)5-8(10)13(3-4-13)7-12(15)16/h5-6H,3-4,7H2,1-2H3,(H,15,16). The number of benzene rings is 1. The van der Waals surface area contributed by atoms with Crippen LogP contribution in [0.2, 0.25) is 0 Å². The number of aliphatic carboxylic acids is 1. The van der Waals surface area contributed by atoms with Crippen molar-refractivity contribution in [3.63, 3.8) is 0 Å². The first kappa shape index (κ1) is 12.7. The minimum absolute atomic E-state index is 0.0259. The lowest BCUT2D eigenvalue weighted by Gasteiger charge is -2.18. The molecule has 0 heterocycles. The first-order valence-electron chi connectivity index (χ1n) is 5.66. The Balaban J connectivity index is 2.46. The van der Waals surface area contributed by atoms with Gasteiger partial charge in [0.1, 0.15) is 5.75 Å². The lowest BCUT2D eigenvalue weighted by molar-refractivity contribution is -0.137. The number of methoxy groups -OCH3 is 2. The van der Waals surface area contributed by atoms with Crippen LogP contribution in [0.5, 0.6) is 11.5 Å². The molecule has 1 aliphatic rings. The van der Waals surface area contributed by atoms with E-state index in [0.717, 1.165) is 12.8 Å². The van der Waals surface area contributed by atoms with Crippen LogP contribution >= 0.6 is 0 Å². The molecule has 0 spiro atoms. The second kappa shape index (κ2) is 4.48. The lowest BCUT2D eigenvalue weighted by Crippen LogP contribution is -2.14. The zero-order valence-electron chi connectivity index (χ0n) is 10.3. The van der Waals surface area contributed by atoms with Gasteiger partial charge in [0.2, 0.25) is 0 Å². The van der Waals surface area contributed by atoms with Crippen LogP contribution in [0.25, 0.3) is 0 Å². The van der Waals surface area contributed by atoms with Gasteiger partial charge in [0.25, 0.3) is 0 Å².